The second-order valence-corrected chi connectivity index (χ2v) is 5.80. The Hall–Kier alpha value is -2.24. The first-order valence-electron chi connectivity index (χ1n) is 7.13. The van der Waals surface area contributed by atoms with E-state index in [1.807, 2.05) is 0 Å². The number of phenols is 1. The van der Waals surface area contributed by atoms with Crippen LogP contribution in [0.15, 0.2) is 42.5 Å². The van der Waals surface area contributed by atoms with Crippen molar-refractivity contribution in [3.8, 4) is 5.75 Å². The largest absolute Gasteiger partial charge is 0.508 e. The third-order valence-corrected chi connectivity index (χ3v) is 3.58. The molecule has 0 radical (unpaired) electrons. The van der Waals surface area contributed by atoms with Gasteiger partial charge in [0, 0.05) is 15.7 Å². The zero-order valence-electron chi connectivity index (χ0n) is 12.8. The van der Waals surface area contributed by atoms with Gasteiger partial charge in [-0.05, 0) is 42.8 Å². The maximum atomic E-state index is 12.6. The Labute approximate surface area is 149 Å². The number of ether oxygens (including phenoxy) is 1. The van der Waals surface area contributed by atoms with E-state index >= 15 is 0 Å². The molecule has 2 rings (SSSR count). The smallest absolute Gasteiger partial charge is 0.323 e. The van der Waals surface area contributed by atoms with Crippen LogP contribution < -0.4 is 5.32 Å². The molecule has 0 aliphatic carbocycles. The highest BCUT2D eigenvalue weighted by molar-refractivity contribution is 6.35. The van der Waals surface area contributed by atoms with Crippen LogP contribution in [-0.4, -0.2) is 23.6 Å². The molecule has 0 fully saturated rings. The maximum absolute atomic E-state index is 12.6. The zero-order chi connectivity index (χ0) is 17.7. The van der Waals surface area contributed by atoms with Gasteiger partial charge in [-0.3, -0.25) is 9.59 Å². The van der Waals surface area contributed by atoms with Gasteiger partial charge < -0.3 is 15.2 Å². The highest BCUT2D eigenvalue weighted by atomic mass is 35.5. The third kappa shape index (κ3) is 4.63. The molecule has 0 saturated carbocycles. The average molecular weight is 368 g/mol. The second kappa shape index (κ2) is 8.04. The molecule has 0 heterocycles. The van der Waals surface area contributed by atoms with E-state index in [2.05, 4.69) is 5.32 Å². The van der Waals surface area contributed by atoms with Gasteiger partial charge in [0.1, 0.15) is 5.75 Å². The molecule has 0 aliphatic heterocycles. The summed E-state index contributed by atoms with van der Waals surface area (Å²) in [5.41, 5.74) is 0.766. The van der Waals surface area contributed by atoms with Gasteiger partial charge in [0.05, 0.1) is 6.61 Å². The summed E-state index contributed by atoms with van der Waals surface area (Å²) in [6, 6.07) is 10.3. The van der Waals surface area contributed by atoms with Crippen molar-refractivity contribution in [1.82, 2.24) is 0 Å². The first-order valence-corrected chi connectivity index (χ1v) is 7.89. The summed E-state index contributed by atoms with van der Waals surface area (Å²) in [6.45, 7) is 1.80. The van der Waals surface area contributed by atoms with E-state index in [-0.39, 0.29) is 12.4 Å². The van der Waals surface area contributed by atoms with Crippen molar-refractivity contribution in [2.75, 3.05) is 11.9 Å². The number of benzene rings is 2. The quantitative estimate of drug-likeness (QED) is 0.618. The Morgan fingerprint density at radius 1 is 1.12 bits per heavy atom. The van der Waals surface area contributed by atoms with Crippen molar-refractivity contribution >= 4 is 40.8 Å². The Kier molecular flexibility index (Phi) is 6.06. The molecule has 2 aromatic carbocycles. The normalized spacial score (nSPS) is 11.6. The summed E-state index contributed by atoms with van der Waals surface area (Å²) in [4.78, 5) is 24.8. The molecular weight excluding hydrogens is 353 g/mol. The lowest BCUT2D eigenvalue weighted by Crippen LogP contribution is -2.29. The fourth-order valence-corrected chi connectivity index (χ4v) is 2.65. The molecule has 0 aliphatic rings. The zero-order valence-corrected chi connectivity index (χ0v) is 14.3. The molecule has 24 heavy (non-hydrogen) atoms. The Balaban J connectivity index is 2.30. The SMILES string of the molecule is CCOC(=O)C(C(=O)Nc1cc(Cl)cc(Cl)c1)c1ccc(O)cc1. The number of halogens is 2. The lowest BCUT2D eigenvalue weighted by atomic mass is 9.98. The van der Waals surface area contributed by atoms with Gasteiger partial charge in [-0.25, -0.2) is 0 Å². The van der Waals surface area contributed by atoms with E-state index < -0.39 is 17.8 Å². The lowest BCUT2D eigenvalue weighted by Gasteiger charge is -2.16. The van der Waals surface area contributed by atoms with E-state index in [9.17, 15) is 14.7 Å². The summed E-state index contributed by atoms with van der Waals surface area (Å²) in [6.07, 6.45) is 0. The summed E-state index contributed by atoms with van der Waals surface area (Å²) >= 11 is 11.8. The summed E-state index contributed by atoms with van der Waals surface area (Å²) in [5, 5.41) is 12.7. The molecule has 1 atom stereocenters. The molecule has 126 valence electrons. The molecule has 5 nitrogen and oxygen atoms in total. The number of hydrogen-bond acceptors (Lipinski definition) is 4. The fourth-order valence-electron chi connectivity index (χ4n) is 2.13. The summed E-state index contributed by atoms with van der Waals surface area (Å²) in [7, 11) is 0. The maximum Gasteiger partial charge on any atom is 0.323 e. The molecule has 0 spiro atoms. The van der Waals surface area contributed by atoms with Crippen LogP contribution in [0, 0.1) is 0 Å². The Morgan fingerprint density at radius 2 is 1.71 bits per heavy atom. The number of hydrogen-bond donors (Lipinski definition) is 2. The van der Waals surface area contributed by atoms with Crippen LogP contribution in [0.2, 0.25) is 10.0 Å². The van der Waals surface area contributed by atoms with E-state index in [0.717, 1.165) is 0 Å². The minimum Gasteiger partial charge on any atom is -0.508 e. The molecule has 1 amide bonds. The number of rotatable bonds is 5. The van der Waals surface area contributed by atoms with Crippen LogP contribution in [0.4, 0.5) is 5.69 Å². The molecule has 0 aromatic heterocycles. The number of phenolic OH excluding ortho intramolecular Hbond substituents is 1. The number of aromatic hydroxyl groups is 1. The number of nitrogens with one attached hydrogen (secondary N) is 1. The fraction of sp³-hybridized carbons (Fsp3) is 0.176. The minimum atomic E-state index is -1.18. The first-order chi connectivity index (χ1) is 11.4. The number of amides is 1. The van der Waals surface area contributed by atoms with Crippen LogP contribution in [0.25, 0.3) is 0 Å². The number of anilines is 1. The van der Waals surface area contributed by atoms with Gasteiger partial charge in [0.2, 0.25) is 5.91 Å². The van der Waals surface area contributed by atoms with Gasteiger partial charge in [0.25, 0.3) is 0 Å². The standard InChI is InChI=1S/C17H15Cl2NO4/c1-2-24-17(23)15(10-3-5-14(21)6-4-10)16(22)20-13-8-11(18)7-12(19)9-13/h3-9,15,21H,2H2,1H3,(H,20,22). The first kappa shape index (κ1) is 18.1. The van der Waals surface area contributed by atoms with Gasteiger partial charge >= 0.3 is 5.97 Å². The van der Waals surface area contributed by atoms with Crippen molar-refractivity contribution in [2.24, 2.45) is 0 Å². The summed E-state index contributed by atoms with van der Waals surface area (Å²) < 4.78 is 4.98. The van der Waals surface area contributed by atoms with Crippen molar-refractivity contribution in [1.29, 1.82) is 0 Å². The molecule has 2 aromatic rings. The monoisotopic (exact) mass is 367 g/mol. The van der Waals surface area contributed by atoms with Crippen molar-refractivity contribution in [3.05, 3.63) is 58.1 Å². The predicted molar refractivity (Wildman–Crippen MR) is 92.6 cm³/mol. The van der Waals surface area contributed by atoms with Gasteiger partial charge in [0.15, 0.2) is 5.92 Å². The van der Waals surface area contributed by atoms with Gasteiger partial charge in [-0.15, -0.1) is 0 Å². The number of carbonyl (C=O) groups excluding carboxylic acids is 2. The molecule has 1 unspecified atom stereocenters. The highest BCUT2D eigenvalue weighted by Gasteiger charge is 2.30. The van der Waals surface area contributed by atoms with Crippen LogP contribution in [-0.2, 0) is 14.3 Å². The van der Waals surface area contributed by atoms with Gasteiger partial charge in [-0.2, -0.15) is 0 Å². The topological polar surface area (TPSA) is 75.6 Å². The average Bonchev–Trinajstić information content (AvgIpc) is 2.48. The summed E-state index contributed by atoms with van der Waals surface area (Å²) in [5.74, 6) is -2.42. The molecule has 0 bridgehead atoms. The van der Waals surface area contributed by atoms with E-state index in [1.54, 1.807) is 6.92 Å². The van der Waals surface area contributed by atoms with Crippen LogP contribution in [0.5, 0.6) is 5.75 Å². The number of carbonyl (C=O) groups is 2. The minimum absolute atomic E-state index is 0.0309. The van der Waals surface area contributed by atoms with Crippen molar-refractivity contribution in [2.45, 2.75) is 12.8 Å². The second-order valence-electron chi connectivity index (χ2n) is 4.92. The van der Waals surface area contributed by atoms with Crippen LogP contribution >= 0.6 is 23.2 Å². The van der Waals surface area contributed by atoms with Crippen molar-refractivity contribution < 1.29 is 19.4 Å². The van der Waals surface area contributed by atoms with Crippen molar-refractivity contribution in [3.63, 3.8) is 0 Å². The van der Waals surface area contributed by atoms with E-state index in [4.69, 9.17) is 27.9 Å². The Bertz CT molecular complexity index is 727. The molecule has 0 saturated heterocycles. The molecule has 7 heteroatoms. The van der Waals surface area contributed by atoms with E-state index in [0.29, 0.717) is 21.3 Å². The predicted octanol–water partition coefficient (Wildman–Crippen LogP) is 3.98. The number of esters is 1. The van der Waals surface area contributed by atoms with Crippen LogP contribution in [0.1, 0.15) is 18.4 Å². The Morgan fingerprint density at radius 3 is 2.25 bits per heavy atom. The van der Waals surface area contributed by atoms with Crippen LogP contribution in [0.3, 0.4) is 0 Å². The lowest BCUT2D eigenvalue weighted by molar-refractivity contribution is -0.147. The van der Waals surface area contributed by atoms with Gasteiger partial charge in [-0.1, -0.05) is 35.3 Å². The molecular formula is C17H15Cl2NO4. The highest BCUT2D eigenvalue weighted by Crippen LogP contribution is 2.26. The molecule has 2 N–H and O–H groups in total. The third-order valence-electron chi connectivity index (χ3n) is 3.14. The van der Waals surface area contributed by atoms with E-state index in [1.165, 1.54) is 42.5 Å².